The number of hydrogen-bond acceptors (Lipinski definition) is 5. The van der Waals surface area contributed by atoms with Crippen molar-refractivity contribution in [2.75, 3.05) is 6.26 Å². The zero-order chi connectivity index (χ0) is 20.5. The molecule has 6 nitrogen and oxygen atoms in total. The van der Waals surface area contributed by atoms with Gasteiger partial charge >= 0.3 is 6.03 Å². The maximum absolute atomic E-state index is 12.3. The lowest BCUT2D eigenvalue weighted by atomic mass is 9.96. The van der Waals surface area contributed by atoms with Crippen molar-refractivity contribution < 1.29 is 18.4 Å². The topological polar surface area (TPSA) is 101 Å². The molecule has 146 valence electrons. The first-order chi connectivity index (χ1) is 13.2. The van der Waals surface area contributed by atoms with E-state index in [1.54, 1.807) is 53.9 Å². The summed E-state index contributed by atoms with van der Waals surface area (Å²) in [4.78, 5) is 12.1. The maximum Gasteiger partial charge on any atom is 0.338 e. The molecule has 0 saturated carbocycles. The second kappa shape index (κ2) is 7.92. The van der Waals surface area contributed by atoms with Crippen molar-refractivity contribution in [1.29, 1.82) is 0 Å². The molecular weight excluding hydrogens is 420 g/mol. The Kier molecular flexibility index (Phi) is 5.76. The van der Waals surface area contributed by atoms with Gasteiger partial charge in [0.1, 0.15) is 0 Å². The molecule has 0 unspecified atom stereocenters. The fraction of sp³-hybridized carbons (Fsp3) is 0.105. The summed E-state index contributed by atoms with van der Waals surface area (Å²) in [6.07, 6.45) is 1.16. The highest BCUT2D eigenvalue weighted by Crippen LogP contribution is 2.42. The first-order valence-electron chi connectivity index (χ1n) is 8.10. The molecule has 0 atom stereocenters. The molecule has 0 aliphatic heterocycles. The minimum absolute atomic E-state index is 0.126. The predicted octanol–water partition coefficient (Wildman–Crippen LogP) is 4.41. The summed E-state index contributed by atoms with van der Waals surface area (Å²) in [5.74, 6) is 0. The smallest absolute Gasteiger partial charge is 0.338 e. The number of nitrogens with zero attached hydrogens (tertiary/aromatic N) is 1. The predicted molar refractivity (Wildman–Crippen MR) is 110 cm³/mol. The van der Waals surface area contributed by atoms with Gasteiger partial charge in [-0.15, -0.1) is 11.3 Å². The molecule has 0 saturated heterocycles. The molecule has 0 spiro atoms. The van der Waals surface area contributed by atoms with Crippen LogP contribution in [0.2, 0.25) is 5.02 Å². The molecule has 3 aromatic rings. The van der Waals surface area contributed by atoms with Crippen LogP contribution in [0, 0.1) is 0 Å². The van der Waals surface area contributed by atoms with Crippen molar-refractivity contribution in [3.8, 4) is 22.3 Å². The Morgan fingerprint density at radius 1 is 1.14 bits per heavy atom. The number of hydrogen-bond donors (Lipinski definition) is 2. The first-order valence-corrected chi connectivity index (χ1v) is 11.2. The van der Waals surface area contributed by atoms with Crippen molar-refractivity contribution >= 4 is 38.8 Å². The Labute approximate surface area is 171 Å². The van der Waals surface area contributed by atoms with Crippen LogP contribution >= 0.6 is 22.9 Å². The van der Waals surface area contributed by atoms with E-state index in [4.69, 9.17) is 17.3 Å². The fourth-order valence-corrected chi connectivity index (χ4v) is 4.95. The molecule has 9 heteroatoms. The minimum atomic E-state index is -3.46. The number of benzene rings is 2. The van der Waals surface area contributed by atoms with E-state index >= 15 is 0 Å². The molecule has 28 heavy (non-hydrogen) atoms. The van der Waals surface area contributed by atoms with Crippen LogP contribution in [0.4, 0.5) is 4.79 Å². The van der Waals surface area contributed by atoms with Gasteiger partial charge in [0, 0.05) is 32.8 Å². The first kappa shape index (κ1) is 20.3. The van der Waals surface area contributed by atoms with Crippen molar-refractivity contribution in [3.05, 3.63) is 63.8 Å². The van der Waals surface area contributed by atoms with Crippen LogP contribution in [0.1, 0.15) is 4.88 Å². The standard InChI is InChI=1S/C19H17ClN2O4S2/c1-28(25,26)17-5-3-2-4-14(17)15-11-27-16(10-22(24)19(21)23)18(15)12-6-8-13(20)9-7-12/h2-9,11,24H,10H2,1H3,(H2,21,23). The van der Waals surface area contributed by atoms with Crippen LogP contribution in [0.5, 0.6) is 0 Å². The number of rotatable bonds is 5. The summed E-state index contributed by atoms with van der Waals surface area (Å²) < 4.78 is 24.5. The molecule has 0 aliphatic rings. The van der Waals surface area contributed by atoms with Gasteiger partial charge in [-0.25, -0.2) is 18.3 Å². The van der Waals surface area contributed by atoms with E-state index in [0.717, 1.165) is 11.8 Å². The number of halogens is 1. The molecule has 1 aromatic heterocycles. The Bertz CT molecular complexity index is 1130. The highest BCUT2D eigenvalue weighted by atomic mass is 35.5. The lowest BCUT2D eigenvalue weighted by Gasteiger charge is -2.14. The number of carbonyl (C=O) groups excluding carboxylic acids is 1. The van der Waals surface area contributed by atoms with Crippen LogP contribution in [-0.2, 0) is 16.4 Å². The van der Waals surface area contributed by atoms with Gasteiger partial charge in [-0.05, 0) is 29.1 Å². The average molecular weight is 437 g/mol. The molecule has 0 fully saturated rings. The van der Waals surface area contributed by atoms with Crippen LogP contribution in [0.3, 0.4) is 0 Å². The minimum Gasteiger partial charge on any atom is -0.350 e. The molecule has 0 radical (unpaired) electrons. The molecule has 3 N–H and O–H groups in total. The Morgan fingerprint density at radius 2 is 1.79 bits per heavy atom. The summed E-state index contributed by atoms with van der Waals surface area (Å²) in [6, 6.07) is 12.8. The lowest BCUT2D eigenvalue weighted by Crippen LogP contribution is -2.31. The van der Waals surface area contributed by atoms with Crippen LogP contribution in [-0.4, -0.2) is 31.0 Å². The van der Waals surface area contributed by atoms with Crippen LogP contribution < -0.4 is 5.73 Å². The molecule has 0 bridgehead atoms. The Balaban J connectivity index is 2.25. The highest BCUT2D eigenvalue weighted by Gasteiger charge is 2.22. The normalized spacial score (nSPS) is 11.4. The lowest BCUT2D eigenvalue weighted by molar-refractivity contribution is -0.0461. The zero-order valence-corrected chi connectivity index (χ0v) is 17.2. The van der Waals surface area contributed by atoms with Crippen LogP contribution in [0.25, 0.3) is 22.3 Å². The van der Waals surface area contributed by atoms with Gasteiger partial charge in [0.05, 0.1) is 11.4 Å². The molecule has 1 heterocycles. The average Bonchev–Trinajstić information content (AvgIpc) is 3.05. The SMILES string of the molecule is CS(=O)(=O)c1ccccc1-c1csc(CN(O)C(N)=O)c1-c1ccc(Cl)cc1. The number of hydroxylamine groups is 2. The van der Waals surface area contributed by atoms with Gasteiger partial charge in [0.15, 0.2) is 9.84 Å². The Hall–Kier alpha value is -2.39. The van der Waals surface area contributed by atoms with E-state index in [-0.39, 0.29) is 11.4 Å². The number of urea groups is 1. The Morgan fingerprint density at radius 3 is 2.39 bits per heavy atom. The third-order valence-corrected chi connectivity index (χ3v) is 6.50. The number of carbonyl (C=O) groups is 1. The summed E-state index contributed by atoms with van der Waals surface area (Å²) >= 11 is 7.29. The maximum atomic E-state index is 12.3. The number of thiophene rings is 1. The molecule has 2 amide bonds. The summed E-state index contributed by atoms with van der Waals surface area (Å²) in [5.41, 5.74) is 7.84. The number of sulfone groups is 1. The third-order valence-electron chi connectivity index (χ3n) is 4.12. The van der Waals surface area contributed by atoms with Crippen molar-refractivity contribution in [2.45, 2.75) is 11.4 Å². The molecular formula is C19H17ClN2O4S2. The van der Waals surface area contributed by atoms with Gasteiger partial charge in [-0.1, -0.05) is 41.9 Å². The summed E-state index contributed by atoms with van der Waals surface area (Å²) in [6.45, 7) is -0.126. The summed E-state index contributed by atoms with van der Waals surface area (Å²) in [7, 11) is -3.46. The van der Waals surface area contributed by atoms with E-state index in [2.05, 4.69) is 0 Å². The van der Waals surface area contributed by atoms with Crippen molar-refractivity contribution in [1.82, 2.24) is 5.06 Å². The van der Waals surface area contributed by atoms with E-state index in [9.17, 15) is 18.4 Å². The van der Waals surface area contributed by atoms with E-state index in [1.807, 2.05) is 0 Å². The third kappa shape index (κ3) is 4.20. The van der Waals surface area contributed by atoms with Gasteiger partial charge in [-0.3, -0.25) is 5.21 Å². The van der Waals surface area contributed by atoms with Crippen molar-refractivity contribution in [2.24, 2.45) is 5.73 Å². The molecule has 0 aliphatic carbocycles. The second-order valence-electron chi connectivity index (χ2n) is 6.12. The van der Waals surface area contributed by atoms with Gasteiger partial charge in [0.2, 0.25) is 0 Å². The fourth-order valence-electron chi connectivity index (χ4n) is 2.87. The van der Waals surface area contributed by atoms with E-state index < -0.39 is 15.9 Å². The number of primary amides is 1. The van der Waals surface area contributed by atoms with Gasteiger partial charge < -0.3 is 5.73 Å². The summed E-state index contributed by atoms with van der Waals surface area (Å²) in [5, 5.41) is 12.6. The zero-order valence-electron chi connectivity index (χ0n) is 14.8. The van der Waals surface area contributed by atoms with Gasteiger partial charge in [-0.2, -0.15) is 0 Å². The number of amides is 2. The number of nitrogens with two attached hydrogens (primary N) is 1. The molecule has 3 rings (SSSR count). The van der Waals surface area contributed by atoms with E-state index in [0.29, 0.717) is 31.7 Å². The highest BCUT2D eigenvalue weighted by molar-refractivity contribution is 7.90. The largest absolute Gasteiger partial charge is 0.350 e. The molecule has 2 aromatic carbocycles. The monoisotopic (exact) mass is 436 g/mol. The van der Waals surface area contributed by atoms with Crippen LogP contribution in [0.15, 0.2) is 58.8 Å². The van der Waals surface area contributed by atoms with E-state index in [1.165, 1.54) is 11.3 Å². The second-order valence-corrected chi connectivity index (χ2v) is 9.50. The van der Waals surface area contributed by atoms with Gasteiger partial charge in [0.25, 0.3) is 0 Å². The van der Waals surface area contributed by atoms with Crippen molar-refractivity contribution in [3.63, 3.8) is 0 Å². The quantitative estimate of drug-likeness (QED) is 0.457.